The number of alkyl halides is 3. The summed E-state index contributed by atoms with van der Waals surface area (Å²) >= 11 is 6.13. The van der Waals surface area contributed by atoms with Gasteiger partial charge in [-0.1, -0.05) is 35.9 Å². The lowest BCUT2D eigenvalue weighted by molar-refractivity contribution is -0.173. The third-order valence-corrected chi connectivity index (χ3v) is 6.06. The minimum atomic E-state index is -4.57. The number of fused-ring (bicyclic) bond motifs is 1. The van der Waals surface area contributed by atoms with Crippen molar-refractivity contribution in [1.29, 1.82) is 0 Å². The van der Waals surface area contributed by atoms with E-state index in [2.05, 4.69) is 15.7 Å². The van der Waals surface area contributed by atoms with Crippen LogP contribution in [0.15, 0.2) is 48.7 Å². The van der Waals surface area contributed by atoms with Gasteiger partial charge in [0.15, 0.2) is 17.5 Å². The fraction of sp³-hybridized carbons (Fsp3) is 0.304. The Morgan fingerprint density at radius 2 is 1.94 bits per heavy atom. The van der Waals surface area contributed by atoms with Crippen LogP contribution in [0.4, 0.5) is 19.0 Å². The molecule has 4 rings (SSSR count). The lowest BCUT2D eigenvalue weighted by Gasteiger charge is -2.34. The van der Waals surface area contributed by atoms with Gasteiger partial charge in [0.2, 0.25) is 0 Å². The highest BCUT2D eigenvalue weighted by atomic mass is 35.5. The third-order valence-electron chi connectivity index (χ3n) is 5.69. The number of nitrogens with one attached hydrogen (secondary N) is 2. The summed E-state index contributed by atoms with van der Waals surface area (Å²) in [6.07, 6.45) is -3.74. The maximum Gasteiger partial charge on any atom is 0.410 e. The number of nitrogens with zero attached hydrogens (tertiary/aromatic N) is 2. The van der Waals surface area contributed by atoms with E-state index in [1.54, 1.807) is 42.5 Å². The van der Waals surface area contributed by atoms with E-state index in [-0.39, 0.29) is 24.3 Å². The maximum atomic E-state index is 13.9. The molecule has 2 unspecified atom stereocenters. The Labute approximate surface area is 198 Å². The van der Waals surface area contributed by atoms with Crippen molar-refractivity contribution in [3.8, 4) is 11.5 Å². The average molecular weight is 495 g/mol. The van der Waals surface area contributed by atoms with Crippen LogP contribution in [0.25, 0.3) is 0 Å². The quantitative estimate of drug-likeness (QED) is 0.496. The number of methoxy groups -OCH3 is 2. The summed E-state index contributed by atoms with van der Waals surface area (Å²) in [4.78, 5) is 12.9. The van der Waals surface area contributed by atoms with Gasteiger partial charge in [0.05, 0.1) is 26.5 Å². The van der Waals surface area contributed by atoms with E-state index in [4.69, 9.17) is 21.1 Å². The van der Waals surface area contributed by atoms with Crippen molar-refractivity contribution in [3.63, 3.8) is 0 Å². The normalized spacial score (nSPS) is 17.5. The van der Waals surface area contributed by atoms with Crippen molar-refractivity contribution in [2.45, 2.75) is 31.2 Å². The number of benzene rings is 2. The van der Waals surface area contributed by atoms with Gasteiger partial charge in [-0.25, -0.2) is 4.68 Å². The standard InChI is InChI=1S/C23H22ClF3N4O3/c1-33-18-8-7-13(9-19(18)34-2)17-10-20(23(25,26)27)31-21(30-17)15(12-29-31)22(32)28-11-14-5-3-4-6-16(14)24/h3-9,12,17,20,30H,10-11H2,1-2H3,(H,28,32). The summed E-state index contributed by atoms with van der Waals surface area (Å²) in [5.74, 6) is 0.272. The molecule has 2 aromatic carbocycles. The topological polar surface area (TPSA) is 77.4 Å². The molecule has 0 saturated carbocycles. The Balaban J connectivity index is 1.64. The Bertz CT molecular complexity index is 1200. The molecule has 1 aliphatic rings. The summed E-state index contributed by atoms with van der Waals surface area (Å²) in [5, 5.41) is 10.1. The van der Waals surface area contributed by atoms with Crippen LogP contribution in [0.5, 0.6) is 11.5 Å². The lowest BCUT2D eigenvalue weighted by atomic mass is 9.96. The molecule has 0 radical (unpaired) electrons. The molecule has 2 heterocycles. The van der Waals surface area contributed by atoms with Gasteiger partial charge >= 0.3 is 6.18 Å². The fourth-order valence-electron chi connectivity index (χ4n) is 3.93. The van der Waals surface area contributed by atoms with E-state index in [1.165, 1.54) is 14.2 Å². The molecule has 0 spiro atoms. The first-order valence-corrected chi connectivity index (χ1v) is 10.7. The van der Waals surface area contributed by atoms with E-state index in [1.807, 2.05) is 0 Å². The highest BCUT2D eigenvalue weighted by molar-refractivity contribution is 6.31. The molecule has 0 bridgehead atoms. The molecular weight excluding hydrogens is 473 g/mol. The number of carbonyl (C=O) groups is 1. The first-order valence-electron chi connectivity index (χ1n) is 10.4. The second-order valence-electron chi connectivity index (χ2n) is 7.73. The molecule has 2 N–H and O–H groups in total. The lowest BCUT2D eigenvalue weighted by Crippen LogP contribution is -2.36. The highest BCUT2D eigenvalue weighted by Crippen LogP contribution is 2.45. The van der Waals surface area contributed by atoms with Crippen LogP contribution in [0.1, 0.15) is 40.0 Å². The molecule has 34 heavy (non-hydrogen) atoms. The summed E-state index contributed by atoms with van der Waals surface area (Å²) in [7, 11) is 2.92. The highest BCUT2D eigenvalue weighted by Gasteiger charge is 2.47. The van der Waals surface area contributed by atoms with E-state index in [9.17, 15) is 18.0 Å². The zero-order valence-electron chi connectivity index (χ0n) is 18.3. The Morgan fingerprint density at radius 1 is 1.21 bits per heavy atom. The van der Waals surface area contributed by atoms with Crippen LogP contribution < -0.4 is 20.1 Å². The van der Waals surface area contributed by atoms with E-state index in [0.717, 1.165) is 10.9 Å². The summed E-state index contributed by atoms with van der Waals surface area (Å²) < 4.78 is 53.2. The number of halogens is 4. The van der Waals surface area contributed by atoms with Gasteiger partial charge < -0.3 is 20.1 Å². The molecule has 3 aromatic rings. The zero-order chi connectivity index (χ0) is 24.5. The van der Waals surface area contributed by atoms with Gasteiger partial charge in [-0.05, 0) is 29.3 Å². The zero-order valence-corrected chi connectivity index (χ0v) is 19.1. The van der Waals surface area contributed by atoms with Crippen molar-refractivity contribution in [3.05, 3.63) is 70.4 Å². The van der Waals surface area contributed by atoms with Crippen molar-refractivity contribution >= 4 is 23.3 Å². The van der Waals surface area contributed by atoms with Gasteiger partial charge in [-0.15, -0.1) is 0 Å². The second kappa shape index (κ2) is 9.46. The Hall–Kier alpha value is -3.40. The first-order chi connectivity index (χ1) is 16.2. The van der Waals surface area contributed by atoms with Crippen LogP contribution in [-0.4, -0.2) is 36.1 Å². The number of rotatable bonds is 6. The Kier molecular flexibility index (Phi) is 6.60. The third kappa shape index (κ3) is 4.63. The number of hydrogen-bond donors (Lipinski definition) is 2. The van der Waals surface area contributed by atoms with Crippen molar-refractivity contribution in [2.24, 2.45) is 0 Å². The maximum absolute atomic E-state index is 13.9. The summed E-state index contributed by atoms with van der Waals surface area (Å²) in [5.41, 5.74) is 1.25. The van der Waals surface area contributed by atoms with Crippen LogP contribution in [0.2, 0.25) is 5.02 Å². The average Bonchev–Trinajstić information content (AvgIpc) is 3.25. The van der Waals surface area contributed by atoms with Gasteiger partial charge in [0.25, 0.3) is 5.91 Å². The molecular formula is C23H22ClF3N4O3. The first kappa shape index (κ1) is 23.7. The molecule has 0 fully saturated rings. The van der Waals surface area contributed by atoms with Crippen LogP contribution in [0, 0.1) is 0 Å². The SMILES string of the molecule is COc1ccc(C2CC(C(F)(F)F)n3ncc(C(=O)NCc4ccccc4Cl)c3N2)cc1OC. The minimum absolute atomic E-state index is 0.00600. The second-order valence-corrected chi connectivity index (χ2v) is 8.14. The summed E-state index contributed by atoms with van der Waals surface area (Å²) in [6, 6.07) is 9.23. The Morgan fingerprint density at radius 3 is 2.62 bits per heavy atom. The number of hydrogen-bond acceptors (Lipinski definition) is 5. The van der Waals surface area contributed by atoms with Crippen LogP contribution in [-0.2, 0) is 6.54 Å². The van der Waals surface area contributed by atoms with Gasteiger partial charge in [0, 0.05) is 18.0 Å². The molecule has 11 heteroatoms. The molecule has 1 amide bonds. The molecule has 0 saturated heterocycles. The molecule has 180 valence electrons. The van der Waals surface area contributed by atoms with Crippen molar-refractivity contribution < 1.29 is 27.4 Å². The predicted octanol–water partition coefficient (Wildman–Crippen LogP) is 5.14. The monoisotopic (exact) mass is 494 g/mol. The summed E-state index contributed by atoms with van der Waals surface area (Å²) in [6.45, 7) is 0.116. The largest absolute Gasteiger partial charge is 0.493 e. The minimum Gasteiger partial charge on any atom is -0.493 e. The molecule has 2 atom stereocenters. The number of carbonyl (C=O) groups excluding carboxylic acids is 1. The van der Waals surface area contributed by atoms with Crippen molar-refractivity contribution in [2.75, 3.05) is 19.5 Å². The van der Waals surface area contributed by atoms with Gasteiger partial charge in [0.1, 0.15) is 11.4 Å². The predicted molar refractivity (Wildman–Crippen MR) is 120 cm³/mol. The van der Waals surface area contributed by atoms with Gasteiger partial charge in [-0.2, -0.15) is 18.3 Å². The van der Waals surface area contributed by atoms with Crippen LogP contribution in [0.3, 0.4) is 0 Å². The number of amides is 1. The fourth-order valence-corrected chi connectivity index (χ4v) is 4.13. The van der Waals surface area contributed by atoms with E-state index < -0.39 is 24.2 Å². The number of ether oxygens (including phenoxy) is 2. The molecule has 1 aliphatic heterocycles. The van der Waals surface area contributed by atoms with E-state index in [0.29, 0.717) is 27.6 Å². The smallest absolute Gasteiger partial charge is 0.410 e. The van der Waals surface area contributed by atoms with Crippen molar-refractivity contribution in [1.82, 2.24) is 15.1 Å². The molecule has 1 aromatic heterocycles. The molecule has 7 nitrogen and oxygen atoms in total. The number of anilines is 1. The van der Waals surface area contributed by atoms with Crippen LogP contribution >= 0.6 is 11.6 Å². The van der Waals surface area contributed by atoms with E-state index >= 15 is 0 Å². The van der Waals surface area contributed by atoms with Gasteiger partial charge in [-0.3, -0.25) is 4.79 Å². The molecule has 0 aliphatic carbocycles. The number of aromatic nitrogens is 2.